The molecule has 1 amide bonds. The number of esters is 1. The highest BCUT2D eigenvalue weighted by atomic mass is 16.5. The number of carboxylic acids is 1. The number of nitrogens with zero attached hydrogens (tertiary/aromatic N) is 1. The van der Waals surface area contributed by atoms with Crippen LogP contribution < -0.4 is 15.0 Å². The second-order valence-electron chi connectivity index (χ2n) is 4.66. The van der Waals surface area contributed by atoms with Crippen LogP contribution in [0.4, 0.5) is 5.69 Å². The monoisotopic (exact) mass is 292 g/mol. The van der Waals surface area contributed by atoms with E-state index < -0.39 is 23.9 Å². The Hall–Kier alpha value is -2.57. The van der Waals surface area contributed by atoms with E-state index in [1.165, 1.54) is 0 Å². The molecule has 1 aromatic carbocycles. The highest BCUT2D eigenvalue weighted by molar-refractivity contribution is 5.90. The zero-order valence-electron chi connectivity index (χ0n) is 11.5. The van der Waals surface area contributed by atoms with Gasteiger partial charge in [-0.2, -0.15) is 0 Å². The van der Waals surface area contributed by atoms with Gasteiger partial charge in [0.15, 0.2) is 5.75 Å². The van der Waals surface area contributed by atoms with Crippen molar-refractivity contribution in [2.45, 2.75) is 19.4 Å². The highest BCUT2D eigenvalue weighted by Gasteiger charge is 2.26. The number of fused-ring (bicyclic) bond motifs is 1. The number of hydrogen-bond acceptors (Lipinski definition) is 5. The molecule has 112 valence electrons. The predicted octanol–water partition coefficient (Wildman–Crippen LogP) is 0.391. The third kappa shape index (κ3) is 3.50. The molecular weight excluding hydrogens is 276 g/mol. The van der Waals surface area contributed by atoms with E-state index in [2.05, 4.69) is 5.32 Å². The lowest BCUT2D eigenvalue weighted by Crippen LogP contribution is -2.47. The summed E-state index contributed by atoms with van der Waals surface area (Å²) in [7, 11) is 0. The molecule has 1 heterocycles. The first kappa shape index (κ1) is 14.8. The van der Waals surface area contributed by atoms with E-state index in [1.54, 1.807) is 36.1 Å². The van der Waals surface area contributed by atoms with Crippen molar-refractivity contribution in [3.8, 4) is 5.75 Å². The molecule has 0 radical (unpaired) electrons. The summed E-state index contributed by atoms with van der Waals surface area (Å²) in [5, 5.41) is 11.4. The molecule has 0 aliphatic carbocycles. The lowest BCUT2D eigenvalue weighted by Gasteiger charge is -2.29. The van der Waals surface area contributed by atoms with Gasteiger partial charge in [0.1, 0.15) is 12.6 Å². The van der Waals surface area contributed by atoms with Crippen molar-refractivity contribution in [2.75, 3.05) is 18.0 Å². The summed E-state index contributed by atoms with van der Waals surface area (Å²) in [6.07, 6.45) is 0.291. The van der Waals surface area contributed by atoms with Crippen molar-refractivity contribution in [2.24, 2.45) is 0 Å². The molecule has 0 saturated heterocycles. The molecule has 1 atom stereocenters. The van der Waals surface area contributed by atoms with Gasteiger partial charge < -0.3 is 20.1 Å². The summed E-state index contributed by atoms with van der Waals surface area (Å²) in [5.41, 5.74) is 0.635. The number of carbonyl (C=O) groups is 3. The molecule has 1 unspecified atom stereocenters. The second-order valence-corrected chi connectivity index (χ2v) is 4.66. The normalized spacial score (nSPS) is 14.9. The van der Waals surface area contributed by atoms with Gasteiger partial charge in [0.25, 0.3) is 0 Å². The van der Waals surface area contributed by atoms with Gasteiger partial charge in [0, 0.05) is 0 Å². The fourth-order valence-electron chi connectivity index (χ4n) is 2.09. The standard InChI is InChI=1S/C14H16N2O5/c1-2-9(14(19)20)15-12(17)7-16-8-13(18)21-11-6-4-3-5-10(11)16/h3-6,9H,2,7-8H2,1H3,(H,15,17)(H,19,20). The summed E-state index contributed by atoms with van der Waals surface area (Å²) in [6, 6.07) is 5.96. The van der Waals surface area contributed by atoms with Crippen molar-refractivity contribution >= 4 is 23.5 Å². The van der Waals surface area contributed by atoms with Gasteiger partial charge in [0.2, 0.25) is 5.91 Å². The summed E-state index contributed by atoms with van der Waals surface area (Å²) in [6.45, 7) is 1.52. The number of hydrogen-bond donors (Lipinski definition) is 2. The number of carboxylic acid groups (broad SMARTS) is 1. The Labute approximate surface area is 121 Å². The van der Waals surface area contributed by atoms with Crippen LogP contribution in [0.15, 0.2) is 24.3 Å². The molecular formula is C14H16N2O5. The summed E-state index contributed by atoms with van der Waals surface area (Å²) >= 11 is 0. The lowest BCUT2D eigenvalue weighted by molar-refractivity contribution is -0.141. The number of nitrogens with one attached hydrogen (secondary N) is 1. The Morgan fingerprint density at radius 1 is 1.43 bits per heavy atom. The molecule has 0 fully saturated rings. The van der Waals surface area contributed by atoms with E-state index >= 15 is 0 Å². The van der Waals surface area contributed by atoms with E-state index in [4.69, 9.17) is 9.84 Å². The van der Waals surface area contributed by atoms with Gasteiger partial charge in [-0.25, -0.2) is 9.59 Å². The van der Waals surface area contributed by atoms with E-state index in [0.29, 0.717) is 17.9 Å². The molecule has 21 heavy (non-hydrogen) atoms. The maximum absolute atomic E-state index is 11.9. The third-order valence-electron chi connectivity index (χ3n) is 3.13. The number of aliphatic carboxylic acids is 1. The molecule has 2 rings (SSSR count). The highest BCUT2D eigenvalue weighted by Crippen LogP contribution is 2.30. The van der Waals surface area contributed by atoms with Gasteiger partial charge >= 0.3 is 11.9 Å². The SMILES string of the molecule is CCC(NC(=O)CN1CC(=O)Oc2ccccc21)C(=O)O. The van der Waals surface area contributed by atoms with Crippen LogP contribution in [0, 0.1) is 0 Å². The van der Waals surface area contributed by atoms with E-state index in [9.17, 15) is 14.4 Å². The molecule has 0 aromatic heterocycles. The van der Waals surface area contributed by atoms with Crippen LogP contribution in [0.25, 0.3) is 0 Å². The summed E-state index contributed by atoms with van der Waals surface area (Å²) in [5.74, 6) is -1.59. The molecule has 2 N–H and O–H groups in total. The van der Waals surface area contributed by atoms with Crippen molar-refractivity contribution in [3.05, 3.63) is 24.3 Å². The average molecular weight is 292 g/mol. The topological polar surface area (TPSA) is 95.9 Å². The van der Waals surface area contributed by atoms with Crippen LogP contribution in [-0.4, -0.2) is 42.1 Å². The van der Waals surface area contributed by atoms with E-state index in [0.717, 1.165) is 0 Å². The quantitative estimate of drug-likeness (QED) is 0.602. The average Bonchev–Trinajstić information content (AvgIpc) is 2.44. The Balaban J connectivity index is 2.07. The molecule has 1 aliphatic heterocycles. The number of ether oxygens (including phenoxy) is 1. The minimum atomic E-state index is -1.08. The summed E-state index contributed by atoms with van der Waals surface area (Å²) < 4.78 is 5.08. The number of anilines is 1. The van der Waals surface area contributed by atoms with Crippen LogP contribution in [0.5, 0.6) is 5.75 Å². The van der Waals surface area contributed by atoms with Gasteiger partial charge in [-0.15, -0.1) is 0 Å². The van der Waals surface area contributed by atoms with Crippen molar-refractivity contribution < 1.29 is 24.2 Å². The van der Waals surface area contributed by atoms with Crippen LogP contribution in [0.1, 0.15) is 13.3 Å². The first-order valence-electron chi connectivity index (χ1n) is 6.58. The lowest BCUT2D eigenvalue weighted by atomic mass is 10.2. The first-order chi connectivity index (χ1) is 10.0. The van der Waals surface area contributed by atoms with Crippen molar-refractivity contribution in [1.29, 1.82) is 0 Å². The van der Waals surface area contributed by atoms with E-state index in [1.807, 2.05) is 0 Å². The molecule has 1 aliphatic rings. The molecule has 1 aromatic rings. The van der Waals surface area contributed by atoms with Gasteiger partial charge in [-0.1, -0.05) is 19.1 Å². The number of rotatable bonds is 5. The number of carbonyl (C=O) groups excluding carboxylic acids is 2. The van der Waals surface area contributed by atoms with Crippen LogP contribution in [0.2, 0.25) is 0 Å². The van der Waals surface area contributed by atoms with Crippen LogP contribution in [-0.2, 0) is 14.4 Å². The first-order valence-corrected chi connectivity index (χ1v) is 6.58. The fourth-order valence-corrected chi connectivity index (χ4v) is 2.09. The Bertz CT molecular complexity index is 572. The van der Waals surface area contributed by atoms with Gasteiger partial charge in [-0.3, -0.25) is 4.79 Å². The predicted molar refractivity (Wildman–Crippen MR) is 74.1 cm³/mol. The zero-order chi connectivity index (χ0) is 15.4. The number of benzene rings is 1. The minimum Gasteiger partial charge on any atom is -0.480 e. The van der Waals surface area contributed by atoms with Crippen LogP contribution in [0.3, 0.4) is 0 Å². The molecule has 7 heteroatoms. The maximum atomic E-state index is 11.9. The molecule has 0 spiro atoms. The zero-order valence-corrected chi connectivity index (χ0v) is 11.5. The van der Waals surface area contributed by atoms with Gasteiger partial charge in [0.05, 0.1) is 12.2 Å². The smallest absolute Gasteiger partial charge is 0.331 e. The second kappa shape index (κ2) is 6.25. The van der Waals surface area contributed by atoms with Crippen molar-refractivity contribution in [1.82, 2.24) is 5.32 Å². The van der Waals surface area contributed by atoms with Crippen molar-refractivity contribution in [3.63, 3.8) is 0 Å². The minimum absolute atomic E-state index is 0.0473. The number of amides is 1. The molecule has 0 bridgehead atoms. The Morgan fingerprint density at radius 2 is 2.14 bits per heavy atom. The van der Waals surface area contributed by atoms with E-state index in [-0.39, 0.29) is 13.1 Å². The van der Waals surface area contributed by atoms with Gasteiger partial charge in [-0.05, 0) is 18.6 Å². The largest absolute Gasteiger partial charge is 0.480 e. The Morgan fingerprint density at radius 3 is 2.81 bits per heavy atom. The maximum Gasteiger partial charge on any atom is 0.331 e. The third-order valence-corrected chi connectivity index (χ3v) is 3.13. The van der Waals surface area contributed by atoms with Crippen LogP contribution >= 0.6 is 0 Å². The summed E-state index contributed by atoms with van der Waals surface area (Å²) in [4.78, 5) is 35.9. The number of para-hydroxylation sites is 2. The fraction of sp³-hybridized carbons (Fsp3) is 0.357. The molecule has 0 saturated carbocycles. The Kier molecular flexibility index (Phi) is 4.42. The molecule has 7 nitrogen and oxygen atoms in total.